The van der Waals surface area contributed by atoms with E-state index in [1.807, 2.05) is 0 Å². The molecule has 0 unspecified atom stereocenters. The van der Waals surface area contributed by atoms with Gasteiger partial charge in [-0.15, -0.1) is 5.10 Å². The fourth-order valence-electron chi connectivity index (χ4n) is 1.73. The third kappa shape index (κ3) is 3.85. The molecule has 7 heteroatoms. The minimum Gasteiger partial charge on any atom is -0.311 e. The van der Waals surface area contributed by atoms with Crippen LogP contribution in [0.2, 0.25) is 15.1 Å². The first kappa shape index (κ1) is 15.6. The van der Waals surface area contributed by atoms with E-state index in [9.17, 15) is 0 Å². The van der Waals surface area contributed by atoms with Gasteiger partial charge in [0.1, 0.15) is 5.69 Å². The number of hydrogen-bond acceptors (Lipinski definition) is 3. The summed E-state index contributed by atoms with van der Waals surface area (Å²) < 4.78 is 1.56. The van der Waals surface area contributed by atoms with Crippen molar-refractivity contribution in [1.82, 2.24) is 20.3 Å². The number of halogens is 3. The van der Waals surface area contributed by atoms with Crippen molar-refractivity contribution in [3.8, 4) is 5.69 Å². The molecule has 0 radical (unpaired) electrons. The Morgan fingerprint density at radius 1 is 1.20 bits per heavy atom. The molecule has 0 aliphatic carbocycles. The first-order chi connectivity index (χ1) is 9.47. The molecule has 1 aromatic carbocycles. The Morgan fingerprint density at radius 2 is 1.85 bits per heavy atom. The lowest BCUT2D eigenvalue weighted by atomic mass is 10.2. The zero-order chi connectivity index (χ0) is 14.7. The molecule has 0 saturated heterocycles. The van der Waals surface area contributed by atoms with Gasteiger partial charge in [0.05, 0.1) is 21.9 Å². The van der Waals surface area contributed by atoms with Gasteiger partial charge in [-0.2, -0.15) is 0 Å². The minimum absolute atomic E-state index is 0.439. The SMILES string of the molecule is CC(C)CNCc1cn(-c2c(Cl)cc(Cl)cc2Cl)nn1. The van der Waals surface area contributed by atoms with E-state index in [1.165, 1.54) is 0 Å². The van der Waals surface area contributed by atoms with E-state index < -0.39 is 0 Å². The molecular weight excluding hydrogens is 319 g/mol. The highest BCUT2D eigenvalue weighted by molar-refractivity contribution is 6.40. The van der Waals surface area contributed by atoms with Gasteiger partial charge in [0.25, 0.3) is 0 Å². The van der Waals surface area contributed by atoms with Crippen LogP contribution in [-0.2, 0) is 6.54 Å². The zero-order valence-corrected chi connectivity index (χ0v) is 13.5. The summed E-state index contributed by atoms with van der Waals surface area (Å²) in [7, 11) is 0. The number of nitrogens with one attached hydrogen (secondary N) is 1. The van der Waals surface area contributed by atoms with Gasteiger partial charge in [-0.3, -0.25) is 0 Å². The maximum Gasteiger partial charge on any atom is 0.104 e. The Bertz CT molecular complexity index is 572. The van der Waals surface area contributed by atoms with Crippen molar-refractivity contribution in [2.75, 3.05) is 6.54 Å². The second-order valence-corrected chi connectivity index (χ2v) is 6.15. The summed E-state index contributed by atoms with van der Waals surface area (Å²) in [5, 5.41) is 12.8. The predicted molar refractivity (Wildman–Crippen MR) is 82.9 cm³/mol. The Hall–Kier alpha value is -0.810. The van der Waals surface area contributed by atoms with Crippen molar-refractivity contribution in [3.63, 3.8) is 0 Å². The van der Waals surface area contributed by atoms with Crippen LogP contribution in [0, 0.1) is 5.92 Å². The highest BCUT2D eigenvalue weighted by Gasteiger charge is 2.12. The average Bonchev–Trinajstić information content (AvgIpc) is 2.75. The molecule has 1 heterocycles. The quantitative estimate of drug-likeness (QED) is 0.900. The predicted octanol–water partition coefficient (Wildman–Crippen LogP) is 3.97. The van der Waals surface area contributed by atoms with Crippen LogP contribution in [0.15, 0.2) is 18.3 Å². The highest BCUT2D eigenvalue weighted by Crippen LogP contribution is 2.31. The highest BCUT2D eigenvalue weighted by atomic mass is 35.5. The van der Waals surface area contributed by atoms with Crippen LogP contribution in [0.1, 0.15) is 19.5 Å². The number of hydrogen-bond donors (Lipinski definition) is 1. The Labute approximate surface area is 133 Å². The van der Waals surface area contributed by atoms with Crippen molar-refractivity contribution in [3.05, 3.63) is 39.1 Å². The van der Waals surface area contributed by atoms with Gasteiger partial charge in [0, 0.05) is 11.6 Å². The average molecular weight is 334 g/mol. The van der Waals surface area contributed by atoms with Gasteiger partial charge in [-0.25, -0.2) is 4.68 Å². The van der Waals surface area contributed by atoms with E-state index in [0.29, 0.717) is 33.2 Å². The molecule has 1 N–H and O–H groups in total. The van der Waals surface area contributed by atoms with E-state index in [0.717, 1.165) is 12.2 Å². The molecule has 108 valence electrons. The molecule has 0 fully saturated rings. The number of nitrogens with zero attached hydrogens (tertiary/aromatic N) is 3. The van der Waals surface area contributed by atoms with E-state index >= 15 is 0 Å². The summed E-state index contributed by atoms with van der Waals surface area (Å²) in [6.07, 6.45) is 1.80. The molecule has 2 aromatic rings. The summed E-state index contributed by atoms with van der Waals surface area (Å²) in [4.78, 5) is 0. The minimum atomic E-state index is 0.439. The Balaban J connectivity index is 2.17. The van der Waals surface area contributed by atoms with Crippen LogP contribution >= 0.6 is 34.8 Å². The van der Waals surface area contributed by atoms with E-state index in [2.05, 4.69) is 29.5 Å². The Morgan fingerprint density at radius 3 is 2.45 bits per heavy atom. The molecule has 0 aliphatic heterocycles. The lowest BCUT2D eigenvalue weighted by Gasteiger charge is -2.06. The smallest absolute Gasteiger partial charge is 0.104 e. The summed E-state index contributed by atoms with van der Waals surface area (Å²) >= 11 is 18.2. The molecule has 0 amide bonds. The number of benzene rings is 1. The van der Waals surface area contributed by atoms with Gasteiger partial charge >= 0.3 is 0 Å². The second-order valence-electron chi connectivity index (χ2n) is 4.90. The van der Waals surface area contributed by atoms with Gasteiger partial charge in [0.15, 0.2) is 0 Å². The molecule has 0 atom stereocenters. The van der Waals surface area contributed by atoms with Crippen molar-refractivity contribution in [1.29, 1.82) is 0 Å². The monoisotopic (exact) mass is 332 g/mol. The first-order valence-corrected chi connectivity index (χ1v) is 7.37. The molecule has 0 spiro atoms. The molecule has 20 heavy (non-hydrogen) atoms. The standard InChI is InChI=1S/C13H15Cl3N4/c1-8(2)5-17-6-10-7-20(19-18-10)13-11(15)3-9(14)4-12(13)16/h3-4,7-8,17H,5-6H2,1-2H3. The van der Waals surface area contributed by atoms with Crippen LogP contribution in [0.25, 0.3) is 5.69 Å². The van der Waals surface area contributed by atoms with Crippen LogP contribution in [0.3, 0.4) is 0 Å². The lowest BCUT2D eigenvalue weighted by molar-refractivity contribution is 0.548. The fraction of sp³-hybridized carbons (Fsp3) is 0.385. The fourth-order valence-corrected chi connectivity index (χ4v) is 2.72. The molecule has 1 aromatic heterocycles. The first-order valence-electron chi connectivity index (χ1n) is 6.24. The van der Waals surface area contributed by atoms with Gasteiger partial charge < -0.3 is 5.32 Å². The lowest BCUT2D eigenvalue weighted by Crippen LogP contribution is -2.19. The normalized spacial score (nSPS) is 11.3. The number of aromatic nitrogens is 3. The van der Waals surface area contributed by atoms with Crippen molar-refractivity contribution in [2.24, 2.45) is 5.92 Å². The Kier molecular flexibility index (Phi) is 5.27. The third-order valence-corrected chi connectivity index (χ3v) is 3.40. The molecule has 0 saturated carbocycles. The van der Waals surface area contributed by atoms with E-state index in [1.54, 1.807) is 23.0 Å². The maximum atomic E-state index is 6.15. The van der Waals surface area contributed by atoms with Gasteiger partial charge in [-0.1, -0.05) is 53.9 Å². The number of rotatable bonds is 5. The topological polar surface area (TPSA) is 42.7 Å². The van der Waals surface area contributed by atoms with Crippen molar-refractivity contribution >= 4 is 34.8 Å². The van der Waals surface area contributed by atoms with Crippen molar-refractivity contribution in [2.45, 2.75) is 20.4 Å². The molecule has 2 rings (SSSR count). The van der Waals surface area contributed by atoms with E-state index in [4.69, 9.17) is 34.8 Å². The summed E-state index contributed by atoms with van der Waals surface area (Å²) in [6, 6.07) is 3.26. The summed E-state index contributed by atoms with van der Waals surface area (Å²) in [5.74, 6) is 0.588. The zero-order valence-electron chi connectivity index (χ0n) is 11.2. The van der Waals surface area contributed by atoms with Crippen LogP contribution in [-0.4, -0.2) is 21.5 Å². The molecule has 4 nitrogen and oxygen atoms in total. The summed E-state index contributed by atoms with van der Waals surface area (Å²) in [6.45, 7) is 5.88. The van der Waals surface area contributed by atoms with Crippen LogP contribution < -0.4 is 5.32 Å². The molecular formula is C13H15Cl3N4. The third-order valence-electron chi connectivity index (χ3n) is 2.61. The molecule has 0 aliphatic rings. The second kappa shape index (κ2) is 6.76. The van der Waals surface area contributed by atoms with E-state index in [-0.39, 0.29) is 0 Å². The largest absolute Gasteiger partial charge is 0.311 e. The summed E-state index contributed by atoms with van der Waals surface area (Å²) in [5.41, 5.74) is 1.41. The van der Waals surface area contributed by atoms with Gasteiger partial charge in [-0.05, 0) is 24.6 Å². The van der Waals surface area contributed by atoms with Crippen molar-refractivity contribution < 1.29 is 0 Å². The van der Waals surface area contributed by atoms with Gasteiger partial charge in [0.2, 0.25) is 0 Å². The molecule has 0 bridgehead atoms. The van der Waals surface area contributed by atoms with Crippen LogP contribution in [0.5, 0.6) is 0 Å². The van der Waals surface area contributed by atoms with Crippen LogP contribution in [0.4, 0.5) is 0 Å². The maximum absolute atomic E-state index is 6.15.